The van der Waals surface area contributed by atoms with Crippen molar-refractivity contribution >= 4 is 26.5 Å². The molecule has 1 heterocycles. The van der Waals surface area contributed by atoms with Crippen LogP contribution in [0.4, 0.5) is 0 Å². The Kier molecular flexibility index (Phi) is 1.39. The van der Waals surface area contributed by atoms with E-state index in [1.165, 1.54) is 5.56 Å². The molecule has 0 nitrogen and oxygen atoms in total. The quantitative estimate of drug-likeness (QED) is 0.610. The van der Waals surface area contributed by atoms with Gasteiger partial charge in [-0.2, -0.15) is 0 Å². The summed E-state index contributed by atoms with van der Waals surface area (Å²) in [5.41, 5.74) is 1.35. The van der Waals surface area contributed by atoms with Crippen LogP contribution in [0.15, 0.2) is 28.0 Å². The van der Waals surface area contributed by atoms with E-state index in [-0.39, 0.29) is 0 Å². The van der Waals surface area contributed by atoms with E-state index in [1.807, 2.05) is 0 Å². The first-order valence-corrected chi connectivity index (χ1v) is 7.09. The normalized spacial score (nSPS) is 13.8. The average molecular weight is 311 g/mol. The Balaban J connectivity index is 2.63. The topological polar surface area (TPSA) is 0 Å². The van der Waals surface area contributed by atoms with E-state index in [2.05, 4.69) is 34.1 Å². The van der Waals surface area contributed by atoms with Gasteiger partial charge in [0.15, 0.2) is 0 Å². The summed E-state index contributed by atoms with van der Waals surface area (Å²) in [6.45, 7) is 0. The fourth-order valence-electron chi connectivity index (χ4n) is 0.926. The summed E-state index contributed by atoms with van der Waals surface area (Å²) >= 11 is -0.489. The zero-order valence-electron chi connectivity index (χ0n) is 4.89. The summed E-state index contributed by atoms with van der Waals surface area (Å²) in [5.74, 6) is 0. The Hall–Kier alpha value is -0.157. The van der Waals surface area contributed by atoms with E-state index in [0.717, 1.165) is 0 Å². The van der Waals surface area contributed by atoms with Crippen LogP contribution in [-0.2, 0) is 0 Å². The van der Waals surface area contributed by atoms with Gasteiger partial charge in [0.05, 0.1) is 0 Å². The van der Waals surface area contributed by atoms with Crippen LogP contribution < -0.4 is 3.27 Å². The maximum absolute atomic E-state index is 3.26. The van der Waals surface area contributed by atoms with E-state index >= 15 is 0 Å². The molecule has 0 saturated carbocycles. The van der Waals surface area contributed by atoms with Crippen LogP contribution in [0, 0.1) is 6.08 Å². The van der Waals surface area contributed by atoms with E-state index in [1.54, 1.807) is 3.27 Å². The van der Waals surface area contributed by atoms with Crippen LogP contribution in [0.1, 0.15) is 5.56 Å². The number of fused-ring (bicyclic) bond motifs is 1. The molecule has 0 N–H and O–H groups in total. The minimum absolute atomic E-state index is 0.489. The first kappa shape index (κ1) is 5.61. The molecule has 1 aromatic carbocycles. The molecule has 1 radical (unpaired) electrons. The molecule has 0 aliphatic carbocycles. The van der Waals surface area contributed by atoms with Crippen LogP contribution in [-0.4, -0.2) is 23.2 Å². The Labute approximate surface area is 66.2 Å². The molecule has 0 atom stereocenters. The fourth-order valence-corrected chi connectivity index (χ4v) is 4.37. The molecule has 0 spiro atoms. The van der Waals surface area contributed by atoms with Gasteiger partial charge >= 0.3 is 66.2 Å². The molecule has 1 heteroatoms. The molecule has 1 aliphatic rings. The molecule has 0 amide bonds. The molecule has 0 saturated heterocycles. The monoisotopic (exact) mass is 311 g/mol. The number of hydrogen-bond acceptors (Lipinski definition) is 0. The van der Waals surface area contributed by atoms with Gasteiger partial charge in [0.1, 0.15) is 0 Å². The van der Waals surface area contributed by atoms with Crippen molar-refractivity contribution in [1.82, 2.24) is 0 Å². The molecule has 43 valence electrons. The van der Waals surface area contributed by atoms with Crippen LogP contribution in [0.25, 0.3) is 0 Å². The van der Waals surface area contributed by atoms with Gasteiger partial charge < -0.3 is 0 Å². The van der Waals surface area contributed by atoms with E-state index in [0.29, 0.717) is 0 Å². The predicted octanol–water partition coefficient (Wildman–Crippen LogP) is 0.427. The fraction of sp³-hybridized carbons (Fsp3) is 0. The Morgan fingerprint density at radius 2 is 2.11 bits per heavy atom. The third-order valence-electron chi connectivity index (χ3n) is 1.38. The molecule has 9 heavy (non-hydrogen) atoms. The van der Waals surface area contributed by atoms with Gasteiger partial charge in [0, 0.05) is 0 Å². The first-order chi connectivity index (χ1) is 4.47. The zero-order chi connectivity index (χ0) is 6.10. The van der Waals surface area contributed by atoms with Gasteiger partial charge in [-0.3, -0.25) is 0 Å². The summed E-state index contributed by atoms with van der Waals surface area (Å²) in [5, 5.41) is 0. The van der Waals surface area contributed by atoms with Crippen molar-refractivity contribution in [2.75, 3.05) is 0 Å². The average Bonchev–Trinajstić information content (AvgIpc) is 2.33. The Morgan fingerprint density at radius 1 is 1.22 bits per heavy atom. The van der Waals surface area contributed by atoms with Gasteiger partial charge in [0.2, 0.25) is 0 Å². The summed E-state index contributed by atoms with van der Waals surface area (Å²) in [6, 6.07) is 8.57. The molecule has 0 fully saturated rings. The Bertz CT molecular complexity index is 250. The van der Waals surface area contributed by atoms with Crippen molar-refractivity contribution in [2.24, 2.45) is 0 Å². The van der Waals surface area contributed by atoms with Crippen LogP contribution in [0.5, 0.6) is 0 Å². The van der Waals surface area contributed by atoms with Crippen molar-refractivity contribution in [1.29, 1.82) is 0 Å². The van der Waals surface area contributed by atoms with Crippen molar-refractivity contribution in [3.8, 4) is 0 Å². The molecule has 0 unspecified atom stereocenters. The van der Waals surface area contributed by atoms with Gasteiger partial charge in [0.25, 0.3) is 0 Å². The molecular weight excluding hydrogens is 305 g/mol. The second-order valence-corrected chi connectivity index (χ2v) is 6.32. The standard InChI is InChI=1S/C8H5.Bi.H/c1-2-8-6-4-3-5-7-8;;/h1,3-6H;;. The first-order valence-electron chi connectivity index (χ1n) is 2.90. The van der Waals surface area contributed by atoms with E-state index in [4.69, 9.17) is 0 Å². The number of rotatable bonds is 0. The van der Waals surface area contributed by atoms with Gasteiger partial charge in [-0.15, -0.1) is 0 Å². The van der Waals surface area contributed by atoms with E-state index < -0.39 is 23.2 Å². The van der Waals surface area contributed by atoms with Gasteiger partial charge in [-0.05, 0) is 0 Å². The summed E-state index contributed by atoms with van der Waals surface area (Å²) in [6.07, 6.45) is 3.26. The van der Waals surface area contributed by atoms with Crippen LogP contribution in [0.2, 0.25) is 0 Å². The summed E-state index contributed by atoms with van der Waals surface area (Å²) in [7, 11) is 0. The van der Waals surface area contributed by atoms with Crippen LogP contribution >= 0.6 is 0 Å². The molecule has 1 aliphatic heterocycles. The SMILES string of the molecule is [C]1=[CH][BiH][c]2ccccc21. The van der Waals surface area contributed by atoms with Gasteiger partial charge in [-0.25, -0.2) is 0 Å². The van der Waals surface area contributed by atoms with Gasteiger partial charge in [-0.1, -0.05) is 0 Å². The van der Waals surface area contributed by atoms with Crippen molar-refractivity contribution in [3.63, 3.8) is 0 Å². The molecule has 1 aromatic rings. The van der Waals surface area contributed by atoms with E-state index in [9.17, 15) is 0 Å². The zero-order valence-corrected chi connectivity index (χ0v) is 8.77. The molecule has 0 bridgehead atoms. The molecular formula is C8H6Bi. The summed E-state index contributed by atoms with van der Waals surface area (Å²) < 4.78 is 3.86. The Morgan fingerprint density at radius 3 is 3.00 bits per heavy atom. The number of hydrogen-bond donors (Lipinski definition) is 0. The maximum atomic E-state index is 3.26. The third-order valence-corrected chi connectivity index (χ3v) is 5.41. The second kappa shape index (κ2) is 2.23. The number of benzene rings is 1. The minimum atomic E-state index is -0.489. The second-order valence-electron chi connectivity index (χ2n) is 1.98. The van der Waals surface area contributed by atoms with Crippen molar-refractivity contribution in [3.05, 3.63) is 39.7 Å². The predicted molar refractivity (Wildman–Crippen MR) is 40.1 cm³/mol. The molecule has 2 rings (SSSR count). The van der Waals surface area contributed by atoms with Crippen molar-refractivity contribution in [2.45, 2.75) is 0 Å². The third kappa shape index (κ3) is 0.944. The molecule has 0 aromatic heterocycles. The van der Waals surface area contributed by atoms with Crippen molar-refractivity contribution < 1.29 is 0 Å². The van der Waals surface area contributed by atoms with Crippen LogP contribution in [0.3, 0.4) is 0 Å². The summed E-state index contributed by atoms with van der Waals surface area (Å²) in [4.78, 5) is 0.